The number of unbranched alkanes of at least 4 members (excludes halogenated alkanes) is 43. The zero-order valence-corrected chi connectivity index (χ0v) is 44.1. The van der Waals surface area contributed by atoms with E-state index in [1.54, 1.807) is 0 Å². The van der Waals surface area contributed by atoms with Crippen molar-refractivity contribution in [1.29, 1.82) is 0 Å². The van der Waals surface area contributed by atoms with Crippen LogP contribution in [0.1, 0.15) is 328 Å². The largest absolute Gasteiger partial charge is 0.394 e. The number of rotatable bonds is 55. The van der Waals surface area contributed by atoms with E-state index in [0.717, 1.165) is 38.5 Å². The van der Waals surface area contributed by atoms with Crippen LogP contribution in [0.5, 0.6) is 0 Å². The van der Waals surface area contributed by atoms with Gasteiger partial charge in [-0.15, -0.1) is 0 Å². The molecule has 0 aromatic rings. The lowest BCUT2D eigenvalue weighted by atomic mass is 10.0. The van der Waals surface area contributed by atoms with Crippen molar-refractivity contribution in [2.24, 2.45) is 0 Å². The summed E-state index contributed by atoms with van der Waals surface area (Å²) < 4.78 is 0. The van der Waals surface area contributed by atoms with E-state index in [1.807, 2.05) is 0 Å². The van der Waals surface area contributed by atoms with Crippen LogP contribution < -0.4 is 5.32 Å². The summed E-state index contributed by atoms with van der Waals surface area (Å²) in [4.78, 5) is 12.6. The number of nitrogens with one attached hydrogen (secondary N) is 1. The molecule has 0 fully saturated rings. The summed E-state index contributed by atoms with van der Waals surface area (Å²) in [6, 6.07) is -0.710. The highest BCUT2D eigenvalue weighted by Gasteiger charge is 2.23. The summed E-state index contributed by atoms with van der Waals surface area (Å²) in [7, 11) is 0. The molecule has 0 aliphatic carbocycles. The fourth-order valence-corrected chi connectivity index (χ4v) is 9.46. The molecule has 1 amide bonds. The lowest BCUT2D eigenvalue weighted by Gasteiger charge is -2.23. The van der Waals surface area contributed by atoms with Crippen LogP contribution in [-0.2, 0) is 4.79 Å². The Bertz CT molecular complexity index is 967. The molecule has 0 saturated carbocycles. The molecule has 386 valence electrons. The zero-order valence-electron chi connectivity index (χ0n) is 44.1. The fourth-order valence-electron chi connectivity index (χ4n) is 9.46. The summed E-state index contributed by atoms with van der Waals surface area (Å²) in [5.74, 6) is -0.466. The van der Waals surface area contributed by atoms with E-state index in [4.69, 9.17) is 0 Å². The molecule has 5 heteroatoms. The first-order chi connectivity index (χ1) is 32.1. The van der Waals surface area contributed by atoms with Gasteiger partial charge in [0.1, 0.15) is 6.10 Å². The molecular formula is C60H117NO4. The lowest BCUT2D eigenvalue weighted by Crippen LogP contribution is -2.49. The van der Waals surface area contributed by atoms with Gasteiger partial charge < -0.3 is 20.6 Å². The summed E-state index contributed by atoms with van der Waals surface area (Å²) in [5, 5.41) is 33.5. The number of amides is 1. The van der Waals surface area contributed by atoms with Gasteiger partial charge >= 0.3 is 0 Å². The summed E-state index contributed by atoms with van der Waals surface area (Å²) in [6.07, 6.45) is 71.0. The first-order valence-corrected chi connectivity index (χ1v) is 29.6. The van der Waals surface area contributed by atoms with Gasteiger partial charge in [-0.3, -0.25) is 4.79 Å². The highest BCUT2D eigenvalue weighted by Crippen LogP contribution is 2.18. The summed E-state index contributed by atoms with van der Waals surface area (Å²) in [6.45, 7) is 4.26. The van der Waals surface area contributed by atoms with Crippen molar-refractivity contribution in [2.45, 2.75) is 347 Å². The monoisotopic (exact) mass is 916 g/mol. The van der Waals surface area contributed by atoms with Crippen molar-refractivity contribution in [3.05, 3.63) is 24.3 Å². The first-order valence-electron chi connectivity index (χ1n) is 29.6. The second-order valence-corrected chi connectivity index (χ2v) is 20.6. The Balaban J connectivity index is 3.47. The van der Waals surface area contributed by atoms with Crippen LogP contribution in [0.15, 0.2) is 24.3 Å². The van der Waals surface area contributed by atoms with Gasteiger partial charge in [-0.05, 0) is 44.9 Å². The maximum atomic E-state index is 12.6. The van der Waals surface area contributed by atoms with Crippen molar-refractivity contribution >= 4 is 5.91 Å². The molecule has 0 bridgehead atoms. The molecule has 0 rings (SSSR count). The van der Waals surface area contributed by atoms with Crippen LogP contribution >= 0.6 is 0 Å². The molecule has 0 aromatic carbocycles. The Morgan fingerprint density at radius 2 is 0.631 bits per heavy atom. The van der Waals surface area contributed by atoms with Crippen molar-refractivity contribution in [3.8, 4) is 0 Å². The predicted molar refractivity (Wildman–Crippen MR) is 287 cm³/mol. The molecule has 0 heterocycles. The van der Waals surface area contributed by atoms with Crippen LogP contribution in [0.25, 0.3) is 0 Å². The first kappa shape index (κ1) is 63.8. The molecular weight excluding hydrogens is 799 g/mol. The Hall–Kier alpha value is -1.17. The Labute approximate surface area is 407 Å². The second-order valence-electron chi connectivity index (χ2n) is 20.6. The quantitative estimate of drug-likeness (QED) is 0.0361. The van der Waals surface area contributed by atoms with Gasteiger partial charge in [0.2, 0.25) is 5.91 Å². The minimum atomic E-state index is -1.07. The van der Waals surface area contributed by atoms with Gasteiger partial charge in [-0.25, -0.2) is 0 Å². The minimum Gasteiger partial charge on any atom is -0.394 e. The molecule has 3 unspecified atom stereocenters. The fraction of sp³-hybridized carbons (Fsp3) is 0.917. The minimum absolute atomic E-state index is 0.310. The van der Waals surface area contributed by atoms with E-state index >= 15 is 0 Å². The Morgan fingerprint density at radius 1 is 0.369 bits per heavy atom. The number of hydrogen-bond acceptors (Lipinski definition) is 4. The maximum Gasteiger partial charge on any atom is 0.249 e. The standard InChI is InChI=1S/C60H117NO4/c1-3-5-7-9-11-13-15-17-19-20-21-22-23-24-25-26-27-28-29-30-31-32-33-34-35-36-37-38-39-41-43-45-47-49-51-53-55-59(64)60(65)61-57(56-62)58(63)54-52-50-48-46-44-42-40-18-16-14-12-10-8-6-4-2/h25-26,28-29,57-59,62-64H,3-24,27,30-56H2,1-2H3,(H,61,65)/b26-25-,29-28-. The van der Waals surface area contributed by atoms with Crippen molar-refractivity contribution in [2.75, 3.05) is 6.61 Å². The Kier molecular flexibility index (Phi) is 54.4. The maximum absolute atomic E-state index is 12.6. The van der Waals surface area contributed by atoms with Gasteiger partial charge in [0.15, 0.2) is 0 Å². The van der Waals surface area contributed by atoms with Crippen LogP contribution in [0, 0.1) is 0 Å². The molecule has 0 aromatic heterocycles. The number of allylic oxidation sites excluding steroid dienone is 4. The van der Waals surface area contributed by atoms with Gasteiger partial charge in [-0.1, -0.05) is 308 Å². The van der Waals surface area contributed by atoms with E-state index in [1.165, 1.54) is 263 Å². The molecule has 3 atom stereocenters. The molecule has 0 aliphatic heterocycles. The van der Waals surface area contributed by atoms with Crippen molar-refractivity contribution < 1.29 is 20.1 Å². The highest BCUT2D eigenvalue weighted by atomic mass is 16.3. The van der Waals surface area contributed by atoms with Crippen molar-refractivity contribution in [1.82, 2.24) is 5.32 Å². The van der Waals surface area contributed by atoms with Crippen molar-refractivity contribution in [3.63, 3.8) is 0 Å². The number of hydrogen-bond donors (Lipinski definition) is 4. The SMILES string of the molecule is CCCCCCCCCCCCCCC/C=C\C/C=C\CCCCCCCCCCCCCCCCCCC(O)C(=O)NC(CO)C(O)CCCCCCCCCCCCCCCCC. The van der Waals surface area contributed by atoms with Gasteiger partial charge in [0, 0.05) is 0 Å². The predicted octanol–water partition coefficient (Wildman–Crippen LogP) is 18.5. The molecule has 65 heavy (non-hydrogen) atoms. The van der Waals surface area contributed by atoms with E-state index in [9.17, 15) is 20.1 Å². The average Bonchev–Trinajstić information content (AvgIpc) is 3.31. The van der Waals surface area contributed by atoms with Gasteiger partial charge in [-0.2, -0.15) is 0 Å². The van der Waals surface area contributed by atoms with Gasteiger partial charge in [0.05, 0.1) is 18.8 Å². The number of aliphatic hydroxyl groups excluding tert-OH is 3. The third-order valence-corrected chi connectivity index (χ3v) is 14.1. The van der Waals surface area contributed by atoms with E-state index in [-0.39, 0.29) is 6.61 Å². The van der Waals surface area contributed by atoms with E-state index in [2.05, 4.69) is 43.5 Å². The topological polar surface area (TPSA) is 89.8 Å². The number of aliphatic hydroxyl groups is 3. The molecule has 4 N–H and O–H groups in total. The Morgan fingerprint density at radius 3 is 0.923 bits per heavy atom. The van der Waals surface area contributed by atoms with Gasteiger partial charge in [0.25, 0.3) is 0 Å². The highest BCUT2D eigenvalue weighted by molar-refractivity contribution is 5.80. The van der Waals surface area contributed by atoms with E-state index < -0.39 is 24.2 Å². The summed E-state index contributed by atoms with van der Waals surface area (Å²) >= 11 is 0. The zero-order chi connectivity index (χ0) is 47.2. The average molecular weight is 917 g/mol. The smallest absolute Gasteiger partial charge is 0.249 e. The van der Waals surface area contributed by atoms with Crippen LogP contribution in [0.2, 0.25) is 0 Å². The summed E-state index contributed by atoms with van der Waals surface area (Å²) in [5.41, 5.74) is 0. The normalized spacial score (nSPS) is 13.4. The third kappa shape index (κ3) is 50.5. The van der Waals surface area contributed by atoms with Crippen LogP contribution in [0.3, 0.4) is 0 Å². The lowest BCUT2D eigenvalue weighted by molar-refractivity contribution is -0.131. The number of carbonyl (C=O) groups excluding carboxylic acids is 1. The molecule has 0 saturated heterocycles. The van der Waals surface area contributed by atoms with E-state index in [0.29, 0.717) is 12.8 Å². The second kappa shape index (κ2) is 55.4. The number of carbonyl (C=O) groups is 1. The van der Waals surface area contributed by atoms with Crippen LogP contribution in [-0.4, -0.2) is 46.1 Å². The third-order valence-electron chi connectivity index (χ3n) is 14.1. The molecule has 0 spiro atoms. The van der Waals surface area contributed by atoms with Crippen LogP contribution in [0.4, 0.5) is 0 Å². The molecule has 5 nitrogen and oxygen atoms in total. The molecule has 0 radical (unpaired) electrons. The molecule has 0 aliphatic rings.